The van der Waals surface area contributed by atoms with Crippen molar-refractivity contribution in [1.29, 1.82) is 0 Å². The van der Waals surface area contributed by atoms with Crippen molar-refractivity contribution in [1.82, 2.24) is 19.9 Å². The van der Waals surface area contributed by atoms with Gasteiger partial charge in [0.15, 0.2) is 10.7 Å². The van der Waals surface area contributed by atoms with Crippen LogP contribution in [0.4, 0.5) is 0 Å². The molecule has 7 nitrogen and oxygen atoms in total. The standard InChI is InChI=1S/C18H18N4O3S/c1-22-16-14(7-4-8-19-16)21-17(18(22)24)26-11-15(23)20-10-12-5-3-6-13(9-12)25-2/h3-9H,10-11H2,1-2H3,(H,20,23). The summed E-state index contributed by atoms with van der Waals surface area (Å²) in [7, 11) is 3.24. The molecular formula is C18H18N4O3S. The molecule has 134 valence electrons. The molecule has 0 radical (unpaired) electrons. The number of amides is 1. The molecule has 3 aromatic rings. The van der Waals surface area contributed by atoms with E-state index < -0.39 is 0 Å². The topological polar surface area (TPSA) is 86.1 Å². The molecule has 0 bridgehead atoms. The highest BCUT2D eigenvalue weighted by Gasteiger charge is 2.12. The van der Waals surface area contributed by atoms with Crippen molar-refractivity contribution in [2.75, 3.05) is 12.9 Å². The van der Waals surface area contributed by atoms with Crippen LogP contribution < -0.4 is 15.6 Å². The van der Waals surface area contributed by atoms with E-state index in [9.17, 15) is 9.59 Å². The van der Waals surface area contributed by atoms with Gasteiger partial charge in [-0.3, -0.25) is 14.2 Å². The van der Waals surface area contributed by atoms with Gasteiger partial charge < -0.3 is 10.1 Å². The summed E-state index contributed by atoms with van der Waals surface area (Å²) in [6.45, 7) is 0.393. The molecule has 2 heterocycles. The molecule has 0 saturated carbocycles. The van der Waals surface area contributed by atoms with Crippen LogP contribution in [0.3, 0.4) is 0 Å². The number of carbonyl (C=O) groups is 1. The van der Waals surface area contributed by atoms with E-state index in [1.807, 2.05) is 24.3 Å². The number of aromatic nitrogens is 3. The number of aryl methyl sites for hydroxylation is 1. The molecular weight excluding hydrogens is 352 g/mol. The van der Waals surface area contributed by atoms with Gasteiger partial charge in [0.25, 0.3) is 5.56 Å². The second kappa shape index (κ2) is 8.01. The Hall–Kier alpha value is -2.87. The third-order valence-electron chi connectivity index (χ3n) is 3.76. The number of carbonyl (C=O) groups excluding carboxylic acids is 1. The molecule has 8 heteroatoms. The van der Waals surface area contributed by atoms with Crippen LogP contribution >= 0.6 is 11.8 Å². The first kappa shape index (κ1) is 17.9. The van der Waals surface area contributed by atoms with Crippen molar-refractivity contribution >= 4 is 28.8 Å². The van der Waals surface area contributed by atoms with E-state index in [2.05, 4.69) is 15.3 Å². The van der Waals surface area contributed by atoms with Crippen molar-refractivity contribution in [2.24, 2.45) is 7.05 Å². The third-order valence-corrected chi connectivity index (χ3v) is 4.70. The summed E-state index contributed by atoms with van der Waals surface area (Å²) in [6, 6.07) is 11.0. The van der Waals surface area contributed by atoms with Crippen LogP contribution in [-0.2, 0) is 18.4 Å². The highest BCUT2D eigenvalue weighted by molar-refractivity contribution is 7.99. The lowest BCUT2D eigenvalue weighted by Gasteiger charge is -2.08. The molecule has 1 amide bonds. The Kier molecular flexibility index (Phi) is 5.52. The van der Waals surface area contributed by atoms with Crippen LogP contribution in [-0.4, -0.2) is 33.3 Å². The van der Waals surface area contributed by atoms with E-state index in [1.54, 1.807) is 32.5 Å². The first-order chi connectivity index (χ1) is 12.6. The predicted molar refractivity (Wildman–Crippen MR) is 100 cm³/mol. The first-order valence-electron chi connectivity index (χ1n) is 7.92. The van der Waals surface area contributed by atoms with E-state index in [0.29, 0.717) is 17.7 Å². The number of methoxy groups -OCH3 is 1. The van der Waals surface area contributed by atoms with E-state index >= 15 is 0 Å². The van der Waals surface area contributed by atoms with Gasteiger partial charge in [-0.05, 0) is 29.8 Å². The number of nitrogens with one attached hydrogen (secondary N) is 1. The van der Waals surface area contributed by atoms with Gasteiger partial charge in [0.05, 0.1) is 12.9 Å². The number of hydrogen-bond acceptors (Lipinski definition) is 6. The Balaban J connectivity index is 1.63. The maximum atomic E-state index is 12.3. The van der Waals surface area contributed by atoms with Crippen LogP contribution in [0, 0.1) is 0 Å². The molecule has 0 unspecified atom stereocenters. The largest absolute Gasteiger partial charge is 0.497 e. The number of rotatable bonds is 6. The fourth-order valence-electron chi connectivity index (χ4n) is 2.39. The number of ether oxygens (including phenoxy) is 1. The maximum absolute atomic E-state index is 12.3. The normalized spacial score (nSPS) is 10.7. The van der Waals surface area contributed by atoms with Crippen LogP contribution in [0.5, 0.6) is 5.75 Å². The number of pyridine rings is 1. The Labute approximate surface area is 154 Å². The van der Waals surface area contributed by atoms with Gasteiger partial charge in [-0.25, -0.2) is 9.97 Å². The number of hydrogen-bond donors (Lipinski definition) is 1. The third kappa shape index (κ3) is 4.02. The summed E-state index contributed by atoms with van der Waals surface area (Å²) in [4.78, 5) is 32.9. The van der Waals surface area contributed by atoms with E-state index in [0.717, 1.165) is 23.1 Å². The number of fused-ring (bicyclic) bond motifs is 1. The van der Waals surface area contributed by atoms with Crippen LogP contribution in [0.2, 0.25) is 0 Å². The molecule has 26 heavy (non-hydrogen) atoms. The minimum absolute atomic E-state index is 0.109. The lowest BCUT2D eigenvalue weighted by atomic mass is 10.2. The van der Waals surface area contributed by atoms with Crippen molar-refractivity contribution in [3.8, 4) is 5.75 Å². The smallest absolute Gasteiger partial charge is 0.284 e. The first-order valence-corrected chi connectivity index (χ1v) is 8.91. The molecule has 1 aromatic carbocycles. The average Bonchev–Trinajstić information content (AvgIpc) is 2.68. The molecule has 0 aliphatic heterocycles. The van der Waals surface area contributed by atoms with Crippen LogP contribution in [0.15, 0.2) is 52.4 Å². The zero-order chi connectivity index (χ0) is 18.5. The fraction of sp³-hybridized carbons (Fsp3) is 0.222. The van der Waals surface area contributed by atoms with E-state index in [4.69, 9.17) is 4.74 Å². The minimum Gasteiger partial charge on any atom is -0.497 e. The maximum Gasteiger partial charge on any atom is 0.284 e. The molecule has 0 aliphatic rings. The average molecular weight is 370 g/mol. The Morgan fingerprint density at radius 1 is 1.31 bits per heavy atom. The molecule has 0 fully saturated rings. The Bertz CT molecular complexity index is 1000. The zero-order valence-corrected chi connectivity index (χ0v) is 15.2. The van der Waals surface area contributed by atoms with Crippen LogP contribution in [0.25, 0.3) is 11.2 Å². The minimum atomic E-state index is -0.262. The summed E-state index contributed by atoms with van der Waals surface area (Å²) in [5, 5.41) is 3.11. The molecule has 1 N–H and O–H groups in total. The lowest BCUT2D eigenvalue weighted by molar-refractivity contribution is -0.118. The zero-order valence-electron chi connectivity index (χ0n) is 14.4. The summed E-state index contributed by atoms with van der Waals surface area (Å²) in [5.74, 6) is 0.675. The molecule has 0 spiro atoms. The van der Waals surface area contributed by atoms with Gasteiger partial charge in [-0.1, -0.05) is 23.9 Å². The van der Waals surface area contributed by atoms with Crippen molar-refractivity contribution in [3.63, 3.8) is 0 Å². The Morgan fingerprint density at radius 2 is 2.15 bits per heavy atom. The number of nitrogens with zero attached hydrogens (tertiary/aromatic N) is 3. The monoisotopic (exact) mass is 370 g/mol. The fourth-order valence-corrected chi connectivity index (χ4v) is 3.19. The summed E-state index contributed by atoms with van der Waals surface area (Å²) in [5.41, 5.74) is 1.81. The molecule has 0 aliphatic carbocycles. The molecule has 0 atom stereocenters. The van der Waals surface area contributed by atoms with Gasteiger partial charge in [-0.2, -0.15) is 0 Å². The second-order valence-electron chi connectivity index (χ2n) is 5.54. The van der Waals surface area contributed by atoms with Crippen molar-refractivity contribution in [2.45, 2.75) is 11.6 Å². The molecule has 0 saturated heterocycles. The van der Waals surface area contributed by atoms with Gasteiger partial charge in [0, 0.05) is 19.8 Å². The van der Waals surface area contributed by atoms with Gasteiger partial charge in [0.2, 0.25) is 5.91 Å². The summed E-state index contributed by atoms with van der Waals surface area (Å²) < 4.78 is 6.60. The van der Waals surface area contributed by atoms with E-state index in [-0.39, 0.29) is 22.2 Å². The van der Waals surface area contributed by atoms with Gasteiger partial charge in [-0.15, -0.1) is 0 Å². The lowest BCUT2D eigenvalue weighted by Crippen LogP contribution is -2.26. The van der Waals surface area contributed by atoms with E-state index in [1.165, 1.54) is 4.57 Å². The SMILES string of the molecule is COc1cccc(CNC(=O)CSc2nc3cccnc3n(C)c2=O)c1. The number of thioether (sulfide) groups is 1. The van der Waals surface area contributed by atoms with Crippen molar-refractivity contribution < 1.29 is 9.53 Å². The highest BCUT2D eigenvalue weighted by atomic mass is 32.2. The molecule has 2 aromatic heterocycles. The second-order valence-corrected chi connectivity index (χ2v) is 6.51. The van der Waals surface area contributed by atoms with Crippen molar-refractivity contribution in [3.05, 3.63) is 58.5 Å². The van der Waals surface area contributed by atoms with Gasteiger partial charge in [0.1, 0.15) is 11.3 Å². The predicted octanol–water partition coefficient (Wildman–Crippen LogP) is 1.75. The Morgan fingerprint density at radius 3 is 2.96 bits per heavy atom. The quantitative estimate of drug-likeness (QED) is 0.665. The molecule has 3 rings (SSSR count). The summed E-state index contributed by atoms with van der Waals surface area (Å²) >= 11 is 1.12. The highest BCUT2D eigenvalue weighted by Crippen LogP contribution is 2.15. The van der Waals surface area contributed by atoms with Crippen LogP contribution in [0.1, 0.15) is 5.56 Å². The van der Waals surface area contributed by atoms with Gasteiger partial charge >= 0.3 is 0 Å². The number of benzene rings is 1. The summed E-state index contributed by atoms with van der Waals surface area (Å²) in [6.07, 6.45) is 1.61.